The molecule has 0 aliphatic heterocycles. The van der Waals surface area contributed by atoms with E-state index in [1.54, 1.807) is 6.92 Å². The van der Waals surface area contributed by atoms with Crippen molar-refractivity contribution in [2.45, 2.75) is 83.2 Å². The number of unbranched alkanes of at least 4 members (excludes halogenated alkanes) is 1. The lowest BCUT2D eigenvalue weighted by molar-refractivity contribution is -0.144. The van der Waals surface area contributed by atoms with Gasteiger partial charge in [0.2, 0.25) is 5.78 Å². The summed E-state index contributed by atoms with van der Waals surface area (Å²) in [5.74, 6) is -5.29. The molecule has 0 saturated heterocycles. The zero-order valence-corrected chi connectivity index (χ0v) is 16.8. The maximum atomic E-state index is 13.6. The smallest absolute Gasteiger partial charge is 0.305 e. The highest BCUT2D eigenvalue weighted by Crippen LogP contribution is 2.36. The van der Waals surface area contributed by atoms with E-state index in [1.165, 1.54) is 7.11 Å². The minimum absolute atomic E-state index is 0.0284. The summed E-state index contributed by atoms with van der Waals surface area (Å²) >= 11 is 0. The van der Waals surface area contributed by atoms with Crippen molar-refractivity contribution in [3.63, 3.8) is 0 Å². The molecule has 0 amide bonds. The summed E-state index contributed by atoms with van der Waals surface area (Å²) < 4.78 is 31.7. The van der Waals surface area contributed by atoms with Crippen molar-refractivity contribution < 1.29 is 33.0 Å². The Hall–Kier alpha value is -1.63. The number of carbonyl (C=O) groups is 3. The molecule has 1 N–H and O–H groups in total. The molecule has 28 heavy (non-hydrogen) atoms. The molecule has 1 rings (SSSR count). The van der Waals surface area contributed by atoms with Crippen molar-refractivity contribution in [1.29, 1.82) is 0 Å². The molecular weight excluding hydrogens is 370 g/mol. The number of esters is 1. The molecule has 0 heterocycles. The molecule has 160 valence electrons. The number of ether oxygens (including phenoxy) is 1. The maximum Gasteiger partial charge on any atom is 0.305 e. The van der Waals surface area contributed by atoms with Crippen LogP contribution in [0.25, 0.3) is 0 Å². The number of carbonyl (C=O) groups excluding carboxylic acids is 3. The molecule has 0 aromatic heterocycles. The van der Waals surface area contributed by atoms with Gasteiger partial charge in [0.05, 0.1) is 13.2 Å². The van der Waals surface area contributed by atoms with Crippen LogP contribution in [0.5, 0.6) is 0 Å². The first-order valence-corrected chi connectivity index (χ1v) is 10.1. The molecule has 0 aromatic rings. The minimum Gasteiger partial charge on any atom is -0.469 e. The predicted octanol–water partition coefficient (Wildman–Crippen LogP) is 4.02. The van der Waals surface area contributed by atoms with E-state index in [0.717, 1.165) is 0 Å². The highest BCUT2D eigenvalue weighted by molar-refractivity contribution is 5.85. The molecule has 0 bridgehead atoms. The van der Waals surface area contributed by atoms with Crippen LogP contribution in [0.1, 0.15) is 71.1 Å². The van der Waals surface area contributed by atoms with Crippen LogP contribution >= 0.6 is 0 Å². The molecule has 1 fully saturated rings. The molecule has 0 spiro atoms. The monoisotopic (exact) mass is 402 g/mol. The largest absolute Gasteiger partial charge is 0.469 e. The molecule has 0 radical (unpaired) electrons. The lowest BCUT2D eigenvalue weighted by Gasteiger charge is -2.20. The molecule has 1 aliphatic rings. The van der Waals surface area contributed by atoms with E-state index < -0.39 is 24.2 Å². The summed E-state index contributed by atoms with van der Waals surface area (Å²) in [4.78, 5) is 34.8. The number of aliphatic hydroxyl groups excluding tert-OH is 1. The summed E-state index contributed by atoms with van der Waals surface area (Å²) in [6.07, 6.45) is 5.38. The van der Waals surface area contributed by atoms with E-state index in [2.05, 4.69) is 4.74 Å². The molecular formula is C21H32F2O5. The van der Waals surface area contributed by atoms with Crippen molar-refractivity contribution in [3.05, 3.63) is 12.2 Å². The third kappa shape index (κ3) is 7.78. The highest BCUT2D eigenvalue weighted by atomic mass is 19.3. The second-order valence-electron chi connectivity index (χ2n) is 7.45. The van der Waals surface area contributed by atoms with Gasteiger partial charge in [-0.1, -0.05) is 19.1 Å². The Bertz CT molecular complexity index is 559. The quantitative estimate of drug-likeness (QED) is 0.286. The van der Waals surface area contributed by atoms with Gasteiger partial charge in [0.1, 0.15) is 5.78 Å². The van der Waals surface area contributed by atoms with Gasteiger partial charge in [-0.15, -0.1) is 0 Å². The van der Waals surface area contributed by atoms with Crippen molar-refractivity contribution in [2.24, 2.45) is 11.8 Å². The van der Waals surface area contributed by atoms with Crippen LogP contribution in [0.15, 0.2) is 12.2 Å². The lowest BCUT2D eigenvalue weighted by atomic mass is 9.86. The van der Waals surface area contributed by atoms with Gasteiger partial charge in [-0.05, 0) is 44.4 Å². The summed E-state index contributed by atoms with van der Waals surface area (Å²) in [7, 11) is 1.34. The van der Waals surface area contributed by atoms with Crippen molar-refractivity contribution in [1.82, 2.24) is 0 Å². The number of halogens is 2. The van der Waals surface area contributed by atoms with Crippen LogP contribution < -0.4 is 0 Å². The van der Waals surface area contributed by atoms with Crippen LogP contribution in [0.4, 0.5) is 8.78 Å². The molecule has 0 aromatic carbocycles. The van der Waals surface area contributed by atoms with Crippen LogP contribution in [-0.2, 0) is 19.1 Å². The average Bonchev–Trinajstić information content (AvgIpc) is 2.90. The van der Waals surface area contributed by atoms with Crippen molar-refractivity contribution in [2.75, 3.05) is 7.11 Å². The number of rotatable bonds is 13. The van der Waals surface area contributed by atoms with Crippen LogP contribution in [0.3, 0.4) is 0 Å². The Morgan fingerprint density at radius 3 is 2.61 bits per heavy atom. The van der Waals surface area contributed by atoms with Crippen molar-refractivity contribution in [3.8, 4) is 0 Å². The van der Waals surface area contributed by atoms with Crippen LogP contribution in [-0.4, -0.2) is 41.8 Å². The minimum atomic E-state index is -3.29. The third-order valence-corrected chi connectivity index (χ3v) is 5.28. The zero-order valence-electron chi connectivity index (χ0n) is 16.8. The first kappa shape index (κ1) is 24.4. The number of allylic oxidation sites excluding steroid dienone is 2. The number of hydrogen-bond acceptors (Lipinski definition) is 5. The first-order chi connectivity index (χ1) is 13.2. The van der Waals surface area contributed by atoms with E-state index in [0.29, 0.717) is 32.1 Å². The fourth-order valence-corrected chi connectivity index (χ4v) is 3.68. The molecule has 5 nitrogen and oxygen atoms in total. The number of hydrogen-bond donors (Lipinski definition) is 1. The average molecular weight is 402 g/mol. The number of ketones is 2. The Morgan fingerprint density at radius 1 is 1.25 bits per heavy atom. The van der Waals surface area contributed by atoms with Gasteiger partial charge < -0.3 is 9.84 Å². The fourth-order valence-electron chi connectivity index (χ4n) is 3.68. The molecule has 0 unspecified atom stereocenters. The third-order valence-electron chi connectivity index (χ3n) is 5.28. The van der Waals surface area contributed by atoms with E-state index >= 15 is 0 Å². The Kier molecular flexibility index (Phi) is 10.5. The second-order valence-corrected chi connectivity index (χ2v) is 7.45. The number of Topliss-reactive ketones (excluding diaryl/α,β-unsaturated/α-hetero) is 2. The van der Waals surface area contributed by atoms with Gasteiger partial charge in [-0.3, -0.25) is 14.4 Å². The van der Waals surface area contributed by atoms with Crippen LogP contribution in [0.2, 0.25) is 0 Å². The van der Waals surface area contributed by atoms with Gasteiger partial charge in [0.15, 0.2) is 0 Å². The van der Waals surface area contributed by atoms with Gasteiger partial charge in [0, 0.05) is 31.6 Å². The standard InChI is InChI=1S/C21H32F2O5/c1-3-13-21(22,23)19(26)11-8-10-16-15(17(24)14-18(16)25)9-6-4-5-7-12-20(27)28-2/h4,6,15-16,18,25H,3,5,7-14H2,1-2H3/b6-4-/t15-,16-,18-/m1/s1. The fraction of sp³-hybridized carbons (Fsp3) is 0.762. The van der Waals surface area contributed by atoms with Crippen molar-refractivity contribution >= 4 is 17.5 Å². The van der Waals surface area contributed by atoms with Gasteiger partial charge in [-0.2, -0.15) is 8.78 Å². The number of aliphatic hydroxyl groups is 1. The normalized spacial score (nSPS) is 22.8. The summed E-state index contributed by atoms with van der Waals surface area (Å²) in [6, 6.07) is 0. The Morgan fingerprint density at radius 2 is 1.96 bits per heavy atom. The summed E-state index contributed by atoms with van der Waals surface area (Å²) in [5.41, 5.74) is 0. The van der Waals surface area contributed by atoms with E-state index in [-0.39, 0.29) is 49.3 Å². The van der Waals surface area contributed by atoms with Gasteiger partial charge >= 0.3 is 11.9 Å². The number of alkyl halides is 2. The van der Waals surface area contributed by atoms with Gasteiger partial charge in [-0.25, -0.2) is 0 Å². The summed E-state index contributed by atoms with van der Waals surface area (Å²) in [6.45, 7) is 1.61. The molecule has 1 aliphatic carbocycles. The van der Waals surface area contributed by atoms with Gasteiger partial charge in [0.25, 0.3) is 0 Å². The highest BCUT2D eigenvalue weighted by Gasteiger charge is 2.41. The lowest BCUT2D eigenvalue weighted by Crippen LogP contribution is -2.28. The maximum absolute atomic E-state index is 13.6. The predicted molar refractivity (Wildman–Crippen MR) is 101 cm³/mol. The summed E-state index contributed by atoms with van der Waals surface area (Å²) in [5, 5.41) is 10.1. The number of methoxy groups -OCH3 is 1. The zero-order chi connectivity index (χ0) is 21.2. The van der Waals surface area contributed by atoms with Crippen LogP contribution in [0, 0.1) is 11.8 Å². The Labute approximate surface area is 165 Å². The Balaban J connectivity index is 2.45. The second kappa shape index (κ2) is 12.0. The molecule has 1 saturated carbocycles. The SMILES string of the molecule is CCCC(F)(F)C(=O)CCC[C@H]1[C@H](O)CC(=O)[C@@H]1C/C=C\CCCC(=O)OC. The molecule has 3 atom stereocenters. The topological polar surface area (TPSA) is 80.7 Å². The van der Waals surface area contributed by atoms with E-state index in [9.17, 15) is 28.3 Å². The van der Waals surface area contributed by atoms with E-state index in [1.807, 2.05) is 12.2 Å². The molecule has 7 heteroatoms. The van der Waals surface area contributed by atoms with E-state index in [4.69, 9.17) is 0 Å². The first-order valence-electron chi connectivity index (χ1n) is 10.1.